The number of ether oxygens (including phenoxy) is 4. The number of methoxy groups -OCH3 is 1. The van der Waals surface area contributed by atoms with E-state index in [9.17, 15) is 19.8 Å². The van der Waals surface area contributed by atoms with Gasteiger partial charge in [-0.25, -0.2) is 0 Å². The standard InChI is InChI=1S/C28H39NO8/c1-20(2)29-16-23(30)17-35-25-10-6-22(7-11-25)9-15-28(33)37-19-24(31)18-36-26-12-4-21(5-13-26)8-14-27(32)34-3/h4-7,10-13,20,23-24,29-31H,8-9,14-19H2,1-3H3. The molecule has 0 radical (unpaired) electrons. The van der Waals surface area contributed by atoms with Gasteiger partial charge in [0.25, 0.3) is 0 Å². The van der Waals surface area contributed by atoms with Crippen molar-refractivity contribution in [2.24, 2.45) is 0 Å². The molecule has 0 spiro atoms. The van der Waals surface area contributed by atoms with Crippen molar-refractivity contribution in [3.8, 4) is 11.5 Å². The smallest absolute Gasteiger partial charge is 0.306 e. The van der Waals surface area contributed by atoms with Gasteiger partial charge in [0.2, 0.25) is 0 Å². The molecule has 0 amide bonds. The molecular formula is C28H39NO8. The van der Waals surface area contributed by atoms with Gasteiger partial charge in [0.1, 0.15) is 43.5 Å². The van der Waals surface area contributed by atoms with Crippen LogP contribution in [0.5, 0.6) is 11.5 Å². The van der Waals surface area contributed by atoms with Crippen LogP contribution >= 0.6 is 0 Å². The molecule has 204 valence electrons. The number of hydrogen-bond donors (Lipinski definition) is 3. The summed E-state index contributed by atoms with van der Waals surface area (Å²) < 4.78 is 20.9. The zero-order chi connectivity index (χ0) is 27.0. The lowest BCUT2D eigenvalue weighted by atomic mass is 10.1. The topological polar surface area (TPSA) is 124 Å². The van der Waals surface area contributed by atoms with Crippen molar-refractivity contribution < 1.29 is 38.7 Å². The van der Waals surface area contributed by atoms with E-state index in [1.807, 2.05) is 38.1 Å². The number of esters is 2. The van der Waals surface area contributed by atoms with Crippen molar-refractivity contribution in [2.75, 3.05) is 33.5 Å². The van der Waals surface area contributed by atoms with Gasteiger partial charge in [0, 0.05) is 25.4 Å². The maximum absolute atomic E-state index is 12.1. The monoisotopic (exact) mass is 517 g/mol. The van der Waals surface area contributed by atoms with Gasteiger partial charge in [-0.05, 0) is 48.2 Å². The second-order valence-corrected chi connectivity index (χ2v) is 9.04. The van der Waals surface area contributed by atoms with Crippen molar-refractivity contribution in [3.63, 3.8) is 0 Å². The van der Waals surface area contributed by atoms with E-state index in [0.717, 1.165) is 11.1 Å². The molecule has 0 heterocycles. The van der Waals surface area contributed by atoms with E-state index >= 15 is 0 Å². The molecule has 2 unspecified atom stereocenters. The van der Waals surface area contributed by atoms with Crippen LogP contribution in [0.25, 0.3) is 0 Å². The summed E-state index contributed by atoms with van der Waals surface area (Å²) in [6, 6.07) is 14.8. The maximum Gasteiger partial charge on any atom is 0.306 e. The molecule has 0 saturated heterocycles. The minimum Gasteiger partial charge on any atom is -0.491 e. The molecule has 2 rings (SSSR count). The summed E-state index contributed by atoms with van der Waals surface area (Å²) in [5.41, 5.74) is 1.92. The minimum atomic E-state index is -0.953. The van der Waals surface area contributed by atoms with Gasteiger partial charge >= 0.3 is 11.9 Å². The van der Waals surface area contributed by atoms with Gasteiger partial charge in [0.05, 0.1) is 7.11 Å². The van der Waals surface area contributed by atoms with Gasteiger partial charge in [-0.2, -0.15) is 0 Å². The van der Waals surface area contributed by atoms with E-state index in [1.54, 1.807) is 24.3 Å². The second kappa shape index (κ2) is 16.6. The Balaban J connectivity index is 1.60. The molecule has 0 aromatic heterocycles. The first-order valence-corrected chi connectivity index (χ1v) is 12.5. The van der Waals surface area contributed by atoms with Crippen LogP contribution in [-0.4, -0.2) is 73.9 Å². The number of benzene rings is 2. The Morgan fingerprint density at radius 1 is 0.757 bits per heavy atom. The van der Waals surface area contributed by atoms with Gasteiger partial charge < -0.3 is 34.5 Å². The third-order valence-corrected chi connectivity index (χ3v) is 5.39. The first-order chi connectivity index (χ1) is 17.7. The van der Waals surface area contributed by atoms with Crippen molar-refractivity contribution in [3.05, 3.63) is 59.7 Å². The molecule has 0 aliphatic rings. The fraction of sp³-hybridized carbons (Fsp3) is 0.500. The molecular weight excluding hydrogens is 478 g/mol. The molecule has 0 aliphatic heterocycles. The van der Waals surface area contributed by atoms with Gasteiger partial charge in [-0.15, -0.1) is 0 Å². The van der Waals surface area contributed by atoms with Crippen LogP contribution in [0.15, 0.2) is 48.5 Å². The Morgan fingerprint density at radius 2 is 1.24 bits per heavy atom. The normalized spacial score (nSPS) is 12.6. The number of nitrogens with one attached hydrogen (secondary N) is 1. The number of aliphatic hydroxyl groups excluding tert-OH is 2. The Bertz CT molecular complexity index is 930. The quantitative estimate of drug-likeness (QED) is 0.272. The zero-order valence-electron chi connectivity index (χ0n) is 21.9. The third kappa shape index (κ3) is 13.1. The number of aliphatic hydroxyl groups is 2. The molecule has 9 nitrogen and oxygen atoms in total. The molecule has 9 heteroatoms. The van der Waals surface area contributed by atoms with Crippen LogP contribution in [-0.2, 0) is 31.9 Å². The molecule has 0 bridgehead atoms. The summed E-state index contributed by atoms with van der Waals surface area (Å²) in [4.78, 5) is 23.3. The lowest BCUT2D eigenvalue weighted by Gasteiger charge is -2.15. The highest BCUT2D eigenvalue weighted by molar-refractivity contribution is 5.70. The van der Waals surface area contributed by atoms with E-state index in [0.29, 0.717) is 43.3 Å². The lowest BCUT2D eigenvalue weighted by Crippen LogP contribution is -2.35. The van der Waals surface area contributed by atoms with E-state index in [-0.39, 0.29) is 32.2 Å². The highest BCUT2D eigenvalue weighted by Crippen LogP contribution is 2.15. The second-order valence-electron chi connectivity index (χ2n) is 9.04. The number of carbonyl (C=O) groups excluding carboxylic acids is 2. The van der Waals surface area contributed by atoms with E-state index in [4.69, 9.17) is 14.2 Å². The predicted molar refractivity (Wildman–Crippen MR) is 139 cm³/mol. The molecule has 0 aliphatic carbocycles. The van der Waals surface area contributed by atoms with Crippen molar-refractivity contribution in [1.29, 1.82) is 0 Å². The number of hydrogen-bond acceptors (Lipinski definition) is 9. The maximum atomic E-state index is 12.1. The highest BCUT2D eigenvalue weighted by atomic mass is 16.5. The molecule has 2 atom stereocenters. The number of rotatable bonds is 17. The van der Waals surface area contributed by atoms with Gasteiger partial charge in [0.15, 0.2) is 0 Å². The molecule has 2 aromatic carbocycles. The summed E-state index contributed by atoms with van der Waals surface area (Å²) >= 11 is 0. The van der Waals surface area contributed by atoms with E-state index in [1.165, 1.54) is 7.11 Å². The summed E-state index contributed by atoms with van der Waals surface area (Å²) in [5.74, 6) is 0.550. The van der Waals surface area contributed by atoms with Crippen LogP contribution in [0.3, 0.4) is 0 Å². The predicted octanol–water partition coefficient (Wildman–Crippen LogP) is 2.45. The van der Waals surface area contributed by atoms with Crippen molar-refractivity contribution >= 4 is 11.9 Å². The molecule has 0 saturated carbocycles. The fourth-order valence-corrected chi connectivity index (χ4v) is 3.22. The molecule has 37 heavy (non-hydrogen) atoms. The Morgan fingerprint density at radius 3 is 1.73 bits per heavy atom. The van der Waals surface area contributed by atoms with Crippen molar-refractivity contribution in [1.82, 2.24) is 5.32 Å². The summed E-state index contributed by atoms with van der Waals surface area (Å²) in [6.07, 6.45) is 0.00905. The average Bonchev–Trinajstić information content (AvgIpc) is 2.91. The Kier molecular flexibility index (Phi) is 13.5. The van der Waals surface area contributed by atoms with Crippen LogP contribution in [0, 0.1) is 0 Å². The van der Waals surface area contributed by atoms with Crippen LogP contribution in [0.1, 0.15) is 37.8 Å². The van der Waals surface area contributed by atoms with Crippen LogP contribution < -0.4 is 14.8 Å². The SMILES string of the molecule is COC(=O)CCc1ccc(OCC(O)COC(=O)CCc2ccc(OCC(O)CNC(C)C)cc2)cc1. The summed E-state index contributed by atoms with van der Waals surface area (Å²) in [6.45, 7) is 4.51. The van der Waals surface area contributed by atoms with Gasteiger partial charge in [-0.1, -0.05) is 38.1 Å². The Labute approximate surface area is 218 Å². The van der Waals surface area contributed by atoms with Gasteiger partial charge in [-0.3, -0.25) is 9.59 Å². The van der Waals surface area contributed by atoms with Crippen LogP contribution in [0.2, 0.25) is 0 Å². The zero-order valence-corrected chi connectivity index (χ0v) is 21.9. The molecule has 2 aromatic rings. The third-order valence-electron chi connectivity index (χ3n) is 5.39. The lowest BCUT2D eigenvalue weighted by molar-refractivity contribution is -0.147. The fourth-order valence-electron chi connectivity index (χ4n) is 3.22. The van der Waals surface area contributed by atoms with Crippen LogP contribution in [0.4, 0.5) is 0 Å². The van der Waals surface area contributed by atoms with Crippen molar-refractivity contribution in [2.45, 2.75) is 57.8 Å². The first kappa shape index (κ1) is 30.1. The Hall–Kier alpha value is -3.14. The number of aryl methyl sites for hydroxylation is 2. The molecule has 3 N–H and O–H groups in total. The summed E-state index contributed by atoms with van der Waals surface area (Å²) in [5, 5.41) is 23.1. The minimum absolute atomic E-state index is 0.0154. The largest absolute Gasteiger partial charge is 0.491 e. The molecule has 0 fully saturated rings. The first-order valence-electron chi connectivity index (χ1n) is 12.5. The highest BCUT2D eigenvalue weighted by Gasteiger charge is 2.11. The average molecular weight is 518 g/mol. The number of carbonyl (C=O) groups is 2. The summed E-state index contributed by atoms with van der Waals surface area (Å²) in [7, 11) is 1.36. The van der Waals surface area contributed by atoms with E-state index in [2.05, 4.69) is 10.1 Å². The van der Waals surface area contributed by atoms with E-state index < -0.39 is 18.2 Å².